The summed E-state index contributed by atoms with van der Waals surface area (Å²) in [5, 5.41) is 5.76. The lowest BCUT2D eigenvalue weighted by Gasteiger charge is -2.12. The van der Waals surface area contributed by atoms with Crippen LogP contribution in [0.15, 0.2) is 54.6 Å². The molecule has 1 aliphatic heterocycles. The first-order valence-electron chi connectivity index (χ1n) is 7.53. The van der Waals surface area contributed by atoms with Gasteiger partial charge >= 0.3 is 0 Å². The van der Waals surface area contributed by atoms with Crippen molar-refractivity contribution >= 4 is 16.5 Å². The smallest absolute Gasteiger partial charge is 0.231 e. The molecule has 0 amide bonds. The summed E-state index contributed by atoms with van der Waals surface area (Å²) in [6.45, 7) is 1.02. The van der Waals surface area contributed by atoms with E-state index in [0.29, 0.717) is 6.79 Å². The monoisotopic (exact) mass is 307 g/mol. The quantitative estimate of drug-likeness (QED) is 0.784. The minimum Gasteiger partial charge on any atom is -0.496 e. The van der Waals surface area contributed by atoms with Gasteiger partial charge in [0, 0.05) is 23.7 Å². The molecule has 0 radical (unpaired) electrons. The molecule has 0 aliphatic carbocycles. The van der Waals surface area contributed by atoms with E-state index in [9.17, 15) is 0 Å². The fraction of sp³-hybridized carbons (Fsp3) is 0.158. The Kier molecular flexibility index (Phi) is 3.42. The highest BCUT2D eigenvalue weighted by molar-refractivity contribution is 5.91. The third-order valence-electron chi connectivity index (χ3n) is 4.05. The Hall–Kier alpha value is -2.88. The average Bonchev–Trinajstić information content (AvgIpc) is 3.07. The van der Waals surface area contributed by atoms with Crippen molar-refractivity contribution in [1.29, 1.82) is 0 Å². The van der Waals surface area contributed by atoms with E-state index >= 15 is 0 Å². The molecule has 1 N–H and O–H groups in total. The Balaban J connectivity index is 1.61. The number of anilines is 1. The summed E-state index contributed by atoms with van der Waals surface area (Å²) in [6.07, 6.45) is 0. The zero-order valence-corrected chi connectivity index (χ0v) is 12.8. The third kappa shape index (κ3) is 2.52. The average molecular weight is 307 g/mol. The minimum atomic E-state index is 0.294. The van der Waals surface area contributed by atoms with Crippen molar-refractivity contribution < 1.29 is 14.2 Å². The van der Waals surface area contributed by atoms with Crippen LogP contribution < -0.4 is 19.5 Å². The molecule has 0 aromatic heterocycles. The SMILES string of the molecule is COc1ccc(CNc2ccc3c(c2)OCO3)c2ccccc12. The summed E-state index contributed by atoms with van der Waals surface area (Å²) >= 11 is 0. The van der Waals surface area contributed by atoms with Gasteiger partial charge in [0.15, 0.2) is 11.5 Å². The van der Waals surface area contributed by atoms with Crippen LogP contribution in [0.1, 0.15) is 5.56 Å². The van der Waals surface area contributed by atoms with Crippen molar-refractivity contribution in [3.8, 4) is 17.2 Å². The molecule has 0 unspecified atom stereocenters. The molecule has 1 heterocycles. The van der Waals surface area contributed by atoms with Crippen molar-refractivity contribution in [3.63, 3.8) is 0 Å². The summed E-state index contributed by atoms with van der Waals surface area (Å²) in [5.41, 5.74) is 2.23. The molecule has 0 atom stereocenters. The van der Waals surface area contributed by atoms with E-state index in [2.05, 4.69) is 23.5 Å². The fourth-order valence-corrected chi connectivity index (χ4v) is 2.87. The topological polar surface area (TPSA) is 39.7 Å². The van der Waals surface area contributed by atoms with Gasteiger partial charge in [0.1, 0.15) is 5.75 Å². The van der Waals surface area contributed by atoms with Crippen LogP contribution >= 0.6 is 0 Å². The Morgan fingerprint density at radius 1 is 0.957 bits per heavy atom. The van der Waals surface area contributed by atoms with Gasteiger partial charge in [-0.1, -0.05) is 30.3 Å². The molecule has 23 heavy (non-hydrogen) atoms. The van der Waals surface area contributed by atoms with Gasteiger partial charge in [-0.15, -0.1) is 0 Å². The van der Waals surface area contributed by atoms with E-state index < -0.39 is 0 Å². The Labute approximate surface area is 134 Å². The fourth-order valence-electron chi connectivity index (χ4n) is 2.87. The van der Waals surface area contributed by atoms with Gasteiger partial charge in [-0.3, -0.25) is 0 Å². The van der Waals surface area contributed by atoms with Gasteiger partial charge < -0.3 is 19.5 Å². The normalized spacial score (nSPS) is 12.4. The van der Waals surface area contributed by atoms with Crippen molar-refractivity contribution in [2.75, 3.05) is 19.2 Å². The third-order valence-corrected chi connectivity index (χ3v) is 4.05. The number of rotatable bonds is 4. The Morgan fingerprint density at radius 3 is 2.65 bits per heavy atom. The number of fused-ring (bicyclic) bond motifs is 2. The van der Waals surface area contributed by atoms with Crippen molar-refractivity contribution in [2.45, 2.75) is 6.54 Å². The largest absolute Gasteiger partial charge is 0.496 e. The predicted octanol–water partition coefficient (Wildman–Crippen LogP) is 4.19. The molecule has 1 aliphatic rings. The first-order chi connectivity index (χ1) is 11.3. The summed E-state index contributed by atoms with van der Waals surface area (Å²) in [6, 6.07) is 18.3. The van der Waals surface area contributed by atoms with Crippen LogP contribution in [0.4, 0.5) is 5.69 Å². The van der Waals surface area contributed by atoms with E-state index in [1.165, 1.54) is 10.9 Å². The molecule has 0 saturated heterocycles. The molecule has 0 spiro atoms. The summed E-state index contributed by atoms with van der Waals surface area (Å²) in [5.74, 6) is 2.48. The van der Waals surface area contributed by atoms with Gasteiger partial charge in [0.05, 0.1) is 7.11 Å². The molecule has 3 aromatic rings. The van der Waals surface area contributed by atoms with E-state index in [1.807, 2.05) is 36.4 Å². The zero-order valence-electron chi connectivity index (χ0n) is 12.8. The maximum Gasteiger partial charge on any atom is 0.231 e. The molecule has 0 fully saturated rings. The standard InChI is InChI=1S/C19H17NO3/c1-21-17-8-6-13(15-4-2-3-5-16(15)17)11-20-14-7-9-18-19(10-14)23-12-22-18/h2-10,20H,11-12H2,1H3. The summed E-state index contributed by atoms with van der Waals surface area (Å²) in [4.78, 5) is 0. The van der Waals surface area contributed by atoms with E-state index in [0.717, 1.165) is 34.9 Å². The second kappa shape index (κ2) is 5.72. The molecular weight excluding hydrogens is 290 g/mol. The lowest BCUT2D eigenvalue weighted by molar-refractivity contribution is 0.174. The second-order valence-corrected chi connectivity index (χ2v) is 5.39. The first-order valence-corrected chi connectivity index (χ1v) is 7.53. The minimum absolute atomic E-state index is 0.294. The van der Waals surface area contributed by atoms with Crippen LogP contribution in [0.2, 0.25) is 0 Å². The van der Waals surface area contributed by atoms with Crippen molar-refractivity contribution in [2.24, 2.45) is 0 Å². The summed E-state index contributed by atoms with van der Waals surface area (Å²) < 4.78 is 16.2. The van der Waals surface area contributed by atoms with E-state index in [-0.39, 0.29) is 0 Å². The van der Waals surface area contributed by atoms with Crippen molar-refractivity contribution in [1.82, 2.24) is 0 Å². The Morgan fingerprint density at radius 2 is 1.78 bits per heavy atom. The first kappa shape index (κ1) is 13.8. The number of methoxy groups -OCH3 is 1. The van der Waals surface area contributed by atoms with Gasteiger partial charge in [0.2, 0.25) is 6.79 Å². The van der Waals surface area contributed by atoms with Crippen LogP contribution in [0, 0.1) is 0 Å². The predicted molar refractivity (Wildman–Crippen MR) is 90.4 cm³/mol. The van der Waals surface area contributed by atoms with Crippen LogP contribution in [0.3, 0.4) is 0 Å². The maximum absolute atomic E-state index is 5.44. The number of ether oxygens (including phenoxy) is 3. The summed E-state index contributed by atoms with van der Waals surface area (Å²) in [7, 11) is 1.70. The highest BCUT2D eigenvalue weighted by Gasteiger charge is 2.13. The van der Waals surface area contributed by atoms with E-state index in [4.69, 9.17) is 14.2 Å². The number of benzene rings is 3. The van der Waals surface area contributed by atoms with Gasteiger partial charge in [-0.2, -0.15) is 0 Å². The van der Waals surface area contributed by atoms with Gasteiger partial charge in [-0.25, -0.2) is 0 Å². The maximum atomic E-state index is 5.44. The molecule has 4 nitrogen and oxygen atoms in total. The Bertz CT molecular complexity index is 860. The molecule has 4 rings (SSSR count). The molecular formula is C19H17NO3. The molecule has 116 valence electrons. The van der Waals surface area contributed by atoms with Crippen LogP contribution in [-0.4, -0.2) is 13.9 Å². The number of hydrogen-bond donors (Lipinski definition) is 1. The highest BCUT2D eigenvalue weighted by atomic mass is 16.7. The number of hydrogen-bond acceptors (Lipinski definition) is 4. The van der Waals surface area contributed by atoms with Crippen LogP contribution in [0.5, 0.6) is 17.2 Å². The molecule has 4 heteroatoms. The van der Waals surface area contributed by atoms with Crippen molar-refractivity contribution in [3.05, 3.63) is 60.2 Å². The molecule has 0 saturated carbocycles. The lowest BCUT2D eigenvalue weighted by Crippen LogP contribution is -2.00. The van der Waals surface area contributed by atoms with Gasteiger partial charge in [-0.05, 0) is 29.1 Å². The van der Waals surface area contributed by atoms with Crippen LogP contribution in [0.25, 0.3) is 10.8 Å². The highest BCUT2D eigenvalue weighted by Crippen LogP contribution is 2.34. The molecule has 0 bridgehead atoms. The lowest BCUT2D eigenvalue weighted by atomic mass is 10.0. The van der Waals surface area contributed by atoms with Crippen LogP contribution in [-0.2, 0) is 6.54 Å². The zero-order chi connectivity index (χ0) is 15.6. The van der Waals surface area contributed by atoms with Gasteiger partial charge in [0.25, 0.3) is 0 Å². The van der Waals surface area contributed by atoms with E-state index in [1.54, 1.807) is 7.11 Å². The molecule has 3 aromatic carbocycles. The number of nitrogens with one attached hydrogen (secondary N) is 1. The second-order valence-electron chi connectivity index (χ2n) is 5.39.